The zero-order valence-electron chi connectivity index (χ0n) is 15.7. The third kappa shape index (κ3) is 4.23. The Morgan fingerprint density at radius 1 is 1.21 bits per heavy atom. The van der Waals surface area contributed by atoms with E-state index in [2.05, 4.69) is 15.3 Å². The lowest BCUT2D eigenvalue weighted by Gasteiger charge is -2.28. The summed E-state index contributed by atoms with van der Waals surface area (Å²) in [5.41, 5.74) is 2.66. The van der Waals surface area contributed by atoms with E-state index in [0.717, 1.165) is 23.3 Å². The summed E-state index contributed by atoms with van der Waals surface area (Å²) in [7, 11) is -3.32. The van der Waals surface area contributed by atoms with Crippen molar-refractivity contribution in [1.82, 2.24) is 15.3 Å². The van der Waals surface area contributed by atoms with Gasteiger partial charge in [-0.05, 0) is 43.2 Å². The van der Waals surface area contributed by atoms with Crippen LogP contribution in [0.15, 0.2) is 42.5 Å². The van der Waals surface area contributed by atoms with E-state index in [1.807, 2.05) is 24.3 Å². The molecule has 7 nitrogen and oxygen atoms in total. The summed E-state index contributed by atoms with van der Waals surface area (Å²) in [6.45, 7) is 0.832. The van der Waals surface area contributed by atoms with Crippen LogP contribution in [0.1, 0.15) is 29.0 Å². The zero-order valence-corrected chi connectivity index (χ0v) is 17.3. The van der Waals surface area contributed by atoms with Crippen molar-refractivity contribution < 1.29 is 13.2 Å². The minimum Gasteiger partial charge on any atom is -0.352 e. The van der Waals surface area contributed by atoms with Crippen molar-refractivity contribution in [3.63, 3.8) is 0 Å². The number of carbonyl (C=O) groups excluding carboxylic acids is 1. The third-order valence-electron chi connectivity index (χ3n) is 4.92. The second-order valence-corrected chi connectivity index (χ2v) is 9.39. The van der Waals surface area contributed by atoms with Crippen LogP contribution >= 0.6 is 11.6 Å². The Morgan fingerprint density at radius 2 is 2.03 bits per heavy atom. The Hall–Kier alpha value is -2.58. The molecular formula is C20H21ClN4O3S. The summed E-state index contributed by atoms with van der Waals surface area (Å²) < 4.78 is 25.9. The number of amides is 1. The van der Waals surface area contributed by atoms with Crippen molar-refractivity contribution >= 4 is 44.3 Å². The van der Waals surface area contributed by atoms with E-state index >= 15 is 0 Å². The second kappa shape index (κ2) is 8.04. The van der Waals surface area contributed by atoms with Crippen LogP contribution in [0.4, 0.5) is 5.69 Å². The highest BCUT2D eigenvalue weighted by molar-refractivity contribution is 7.92. The number of nitrogens with one attached hydrogen (secondary N) is 2. The summed E-state index contributed by atoms with van der Waals surface area (Å²) >= 11 is 6.29. The fraction of sp³-hybridized carbons (Fsp3) is 0.300. The van der Waals surface area contributed by atoms with E-state index in [-0.39, 0.29) is 16.7 Å². The van der Waals surface area contributed by atoms with Crippen LogP contribution < -0.4 is 9.62 Å². The van der Waals surface area contributed by atoms with Gasteiger partial charge in [-0.25, -0.2) is 13.4 Å². The number of halogens is 1. The fourth-order valence-electron chi connectivity index (χ4n) is 3.44. The molecule has 29 heavy (non-hydrogen) atoms. The molecule has 1 saturated heterocycles. The lowest BCUT2D eigenvalue weighted by molar-refractivity contribution is 0.0954. The van der Waals surface area contributed by atoms with Crippen molar-refractivity contribution in [2.24, 2.45) is 0 Å². The first-order valence-corrected chi connectivity index (χ1v) is 11.4. The normalized spacial score (nSPS) is 16.1. The van der Waals surface area contributed by atoms with Gasteiger partial charge in [-0.1, -0.05) is 23.7 Å². The van der Waals surface area contributed by atoms with E-state index in [0.29, 0.717) is 37.2 Å². The molecular weight excluding hydrogens is 412 g/mol. The summed E-state index contributed by atoms with van der Waals surface area (Å²) in [6.07, 6.45) is 2.03. The third-order valence-corrected chi connectivity index (χ3v) is 7.10. The molecule has 0 aliphatic carbocycles. The molecule has 0 radical (unpaired) electrons. The van der Waals surface area contributed by atoms with Gasteiger partial charge in [0, 0.05) is 19.5 Å². The lowest BCUT2D eigenvalue weighted by atomic mass is 10.2. The largest absolute Gasteiger partial charge is 0.352 e. The predicted molar refractivity (Wildman–Crippen MR) is 114 cm³/mol. The highest BCUT2D eigenvalue weighted by Gasteiger charge is 2.26. The highest BCUT2D eigenvalue weighted by atomic mass is 35.5. The molecule has 3 aromatic rings. The van der Waals surface area contributed by atoms with Crippen LogP contribution in [-0.2, 0) is 16.4 Å². The van der Waals surface area contributed by atoms with E-state index in [1.165, 1.54) is 4.31 Å². The van der Waals surface area contributed by atoms with Gasteiger partial charge in [-0.15, -0.1) is 0 Å². The van der Waals surface area contributed by atoms with Crippen molar-refractivity contribution in [1.29, 1.82) is 0 Å². The predicted octanol–water partition coefficient (Wildman–Crippen LogP) is 3.12. The van der Waals surface area contributed by atoms with Crippen molar-refractivity contribution in [2.45, 2.75) is 19.3 Å². The highest BCUT2D eigenvalue weighted by Crippen LogP contribution is 2.28. The second-order valence-electron chi connectivity index (χ2n) is 6.97. The lowest BCUT2D eigenvalue weighted by Crippen LogP contribution is -2.37. The van der Waals surface area contributed by atoms with Gasteiger partial charge in [0.05, 0.1) is 33.1 Å². The molecule has 1 aliphatic heterocycles. The van der Waals surface area contributed by atoms with E-state index in [9.17, 15) is 13.2 Å². The molecule has 152 valence electrons. The average molecular weight is 433 g/mol. The number of nitrogens with zero attached hydrogens (tertiary/aromatic N) is 2. The van der Waals surface area contributed by atoms with Gasteiger partial charge >= 0.3 is 0 Å². The minimum atomic E-state index is -3.32. The quantitative estimate of drug-likeness (QED) is 0.647. The molecule has 1 fully saturated rings. The number of anilines is 1. The maximum absolute atomic E-state index is 12.5. The van der Waals surface area contributed by atoms with Gasteiger partial charge in [0.1, 0.15) is 5.82 Å². The van der Waals surface area contributed by atoms with Crippen LogP contribution in [0.25, 0.3) is 11.0 Å². The summed E-state index contributed by atoms with van der Waals surface area (Å²) in [4.78, 5) is 20.2. The maximum Gasteiger partial charge on any atom is 0.252 e. The first-order valence-electron chi connectivity index (χ1n) is 9.46. The van der Waals surface area contributed by atoms with E-state index in [4.69, 9.17) is 11.6 Å². The summed E-state index contributed by atoms with van der Waals surface area (Å²) in [5, 5.41) is 3.06. The molecule has 1 aromatic heterocycles. The van der Waals surface area contributed by atoms with Crippen LogP contribution in [-0.4, -0.2) is 43.1 Å². The number of rotatable bonds is 5. The molecule has 2 aromatic carbocycles. The van der Waals surface area contributed by atoms with Crippen LogP contribution in [0.2, 0.25) is 5.02 Å². The molecule has 2 N–H and O–H groups in total. The van der Waals surface area contributed by atoms with Gasteiger partial charge in [-0.3, -0.25) is 9.10 Å². The van der Waals surface area contributed by atoms with Gasteiger partial charge in [-0.2, -0.15) is 0 Å². The molecule has 0 spiro atoms. The number of H-pyrrole nitrogens is 1. The molecule has 0 atom stereocenters. The average Bonchev–Trinajstić information content (AvgIpc) is 3.10. The first-order chi connectivity index (χ1) is 13.9. The SMILES string of the molecule is O=C(NCCc1nc2ccccc2[nH]1)c1ccc(N2CCCCS2(=O)=O)cc1Cl. The molecule has 9 heteroatoms. The Kier molecular flexibility index (Phi) is 5.47. The molecule has 1 aliphatic rings. The van der Waals surface area contributed by atoms with Gasteiger partial charge in [0.2, 0.25) is 10.0 Å². The number of imidazole rings is 1. The Balaban J connectivity index is 1.40. The molecule has 4 rings (SSSR count). The maximum atomic E-state index is 12.5. The van der Waals surface area contributed by atoms with E-state index in [1.54, 1.807) is 18.2 Å². The molecule has 0 unspecified atom stereocenters. The number of hydrogen-bond donors (Lipinski definition) is 2. The van der Waals surface area contributed by atoms with E-state index < -0.39 is 10.0 Å². The summed E-state index contributed by atoms with van der Waals surface area (Å²) in [5.74, 6) is 0.622. The summed E-state index contributed by atoms with van der Waals surface area (Å²) in [6, 6.07) is 12.5. The monoisotopic (exact) mass is 432 g/mol. The standard InChI is InChI=1S/C20H21ClN4O3S/c21-16-13-14(25-11-3-4-12-29(25,27)28)7-8-15(16)20(26)22-10-9-19-23-17-5-1-2-6-18(17)24-19/h1-2,5-8,13H,3-4,9-12H2,(H,22,26)(H,23,24). The Labute approximate surface area is 174 Å². The van der Waals surface area contributed by atoms with Gasteiger partial charge in [0.15, 0.2) is 0 Å². The Bertz CT molecular complexity index is 1130. The minimum absolute atomic E-state index is 0.134. The van der Waals surface area contributed by atoms with Crippen molar-refractivity contribution in [3.05, 3.63) is 58.9 Å². The first kappa shape index (κ1) is 19.7. The van der Waals surface area contributed by atoms with Crippen molar-refractivity contribution in [3.8, 4) is 0 Å². The number of carbonyl (C=O) groups is 1. The number of sulfonamides is 1. The molecule has 0 bridgehead atoms. The smallest absolute Gasteiger partial charge is 0.252 e. The van der Waals surface area contributed by atoms with Gasteiger partial charge in [0.25, 0.3) is 5.91 Å². The number of aromatic amines is 1. The van der Waals surface area contributed by atoms with Crippen LogP contribution in [0.3, 0.4) is 0 Å². The molecule has 0 saturated carbocycles. The number of para-hydroxylation sites is 2. The number of fused-ring (bicyclic) bond motifs is 1. The topological polar surface area (TPSA) is 95.2 Å². The van der Waals surface area contributed by atoms with Crippen LogP contribution in [0.5, 0.6) is 0 Å². The fourth-order valence-corrected chi connectivity index (χ4v) is 5.33. The molecule has 1 amide bonds. The number of benzene rings is 2. The van der Waals surface area contributed by atoms with Crippen LogP contribution in [0, 0.1) is 0 Å². The van der Waals surface area contributed by atoms with Crippen molar-refractivity contribution in [2.75, 3.05) is 23.1 Å². The number of aromatic nitrogens is 2. The zero-order chi connectivity index (χ0) is 20.4. The van der Waals surface area contributed by atoms with Gasteiger partial charge < -0.3 is 10.3 Å². The molecule has 2 heterocycles. The number of hydrogen-bond acceptors (Lipinski definition) is 4. The Morgan fingerprint density at radius 3 is 2.79 bits per heavy atom.